The highest BCUT2D eigenvalue weighted by Crippen LogP contribution is 2.40. The summed E-state index contributed by atoms with van der Waals surface area (Å²) in [6.45, 7) is 6.11. The van der Waals surface area contributed by atoms with Crippen LogP contribution in [0, 0.1) is 13.8 Å². The fourth-order valence-corrected chi connectivity index (χ4v) is 4.97. The van der Waals surface area contributed by atoms with Gasteiger partial charge in [-0.2, -0.15) is 0 Å². The van der Waals surface area contributed by atoms with Crippen LogP contribution in [0.25, 0.3) is 5.00 Å². The van der Waals surface area contributed by atoms with Crippen LogP contribution in [0.5, 0.6) is 0 Å². The topological polar surface area (TPSA) is 106 Å². The Morgan fingerprint density at radius 3 is 2.61 bits per heavy atom. The number of aliphatic carboxylic acids is 1. The van der Waals surface area contributed by atoms with Gasteiger partial charge in [0.2, 0.25) is 0 Å². The summed E-state index contributed by atoms with van der Waals surface area (Å²) < 4.78 is 1.97. The molecule has 0 saturated heterocycles. The van der Waals surface area contributed by atoms with Gasteiger partial charge >= 0.3 is 5.97 Å². The first-order valence-electron chi connectivity index (χ1n) is 9.11. The summed E-state index contributed by atoms with van der Waals surface area (Å²) in [7, 11) is 0. The molecule has 28 heavy (non-hydrogen) atoms. The highest BCUT2D eigenvalue weighted by Gasteiger charge is 2.32. The van der Waals surface area contributed by atoms with Gasteiger partial charge in [-0.05, 0) is 38.0 Å². The third-order valence-electron chi connectivity index (χ3n) is 4.97. The second-order valence-electron chi connectivity index (χ2n) is 6.82. The molecule has 0 unspecified atom stereocenters. The highest BCUT2D eigenvalue weighted by atomic mass is 32.1. The third-order valence-corrected chi connectivity index (χ3v) is 6.10. The number of nitrogen functional groups attached to an aromatic ring is 1. The minimum Gasteiger partial charge on any atom is -0.481 e. The molecular weight excluding hydrogens is 374 g/mol. The van der Waals surface area contributed by atoms with E-state index >= 15 is 0 Å². The van der Waals surface area contributed by atoms with Gasteiger partial charge in [0, 0.05) is 21.7 Å². The van der Waals surface area contributed by atoms with Crippen LogP contribution in [-0.2, 0) is 11.2 Å². The van der Waals surface area contributed by atoms with Crippen LogP contribution >= 0.6 is 11.3 Å². The molecule has 1 aliphatic heterocycles. The molecule has 4 rings (SSSR count). The summed E-state index contributed by atoms with van der Waals surface area (Å²) in [6.07, 6.45) is 0.706. The Balaban J connectivity index is 2.05. The molecule has 0 spiro atoms. The van der Waals surface area contributed by atoms with Gasteiger partial charge in [0.05, 0.1) is 12.1 Å². The van der Waals surface area contributed by atoms with Crippen molar-refractivity contribution in [2.75, 3.05) is 5.73 Å². The molecule has 3 heterocycles. The Hall–Kier alpha value is -3.00. The lowest BCUT2D eigenvalue weighted by Crippen LogP contribution is -2.11. The van der Waals surface area contributed by atoms with Crippen LogP contribution in [-0.4, -0.2) is 31.6 Å². The average Bonchev–Trinajstić information content (AvgIpc) is 3.14. The SMILES string of the molecule is CCc1c(C)sc2c1C(c1ccc(N)cc1)=N[C@@H](CC(=O)O)c1nnc(C)n1-2. The van der Waals surface area contributed by atoms with Gasteiger partial charge in [0.25, 0.3) is 0 Å². The molecule has 3 N–H and O–H groups in total. The number of benzene rings is 1. The molecule has 0 amide bonds. The molecule has 7 nitrogen and oxygen atoms in total. The number of hydrogen-bond acceptors (Lipinski definition) is 6. The molecule has 144 valence electrons. The normalized spacial score (nSPS) is 15.5. The van der Waals surface area contributed by atoms with Crippen molar-refractivity contribution in [3.63, 3.8) is 0 Å². The first-order valence-corrected chi connectivity index (χ1v) is 9.92. The Kier molecular flexibility index (Phi) is 4.50. The predicted molar refractivity (Wildman–Crippen MR) is 110 cm³/mol. The highest BCUT2D eigenvalue weighted by molar-refractivity contribution is 7.15. The van der Waals surface area contributed by atoms with E-state index in [0.29, 0.717) is 11.5 Å². The van der Waals surface area contributed by atoms with Crippen molar-refractivity contribution < 1.29 is 9.90 Å². The molecule has 0 radical (unpaired) electrons. The van der Waals surface area contributed by atoms with Gasteiger partial charge < -0.3 is 10.8 Å². The number of anilines is 1. The number of nitrogens with zero attached hydrogens (tertiary/aromatic N) is 4. The first-order chi connectivity index (χ1) is 13.4. The van der Waals surface area contributed by atoms with Crippen LogP contribution in [0.1, 0.15) is 52.6 Å². The lowest BCUT2D eigenvalue weighted by Gasteiger charge is -2.11. The van der Waals surface area contributed by atoms with Gasteiger partial charge in [-0.3, -0.25) is 14.4 Å². The maximum Gasteiger partial charge on any atom is 0.306 e. The molecule has 1 aliphatic rings. The molecule has 0 fully saturated rings. The summed E-state index contributed by atoms with van der Waals surface area (Å²) in [5.41, 5.74) is 10.5. The van der Waals surface area contributed by atoms with Gasteiger partial charge in [0.15, 0.2) is 5.82 Å². The zero-order valence-electron chi connectivity index (χ0n) is 15.9. The van der Waals surface area contributed by atoms with Crippen molar-refractivity contribution in [3.8, 4) is 5.00 Å². The smallest absolute Gasteiger partial charge is 0.306 e. The fraction of sp³-hybridized carbons (Fsp3) is 0.300. The van der Waals surface area contributed by atoms with E-state index in [1.54, 1.807) is 11.3 Å². The molecular formula is C20H21N5O2S. The maximum atomic E-state index is 11.5. The number of nitrogens with two attached hydrogens (primary N) is 1. The van der Waals surface area contributed by atoms with Crippen LogP contribution in [0.4, 0.5) is 5.69 Å². The third kappa shape index (κ3) is 2.90. The number of rotatable bonds is 4. The van der Waals surface area contributed by atoms with E-state index in [-0.39, 0.29) is 6.42 Å². The van der Waals surface area contributed by atoms with Crippen molar-refractivity contribution in [1.29, 1.82) is 0 Å². The number of carboxylic acids is 1. The van der Waals surface area contributed by atoms with Crippen LogP contribution in [0.2, 0.25) is 0 Å². The van der Waals surface area contributed by atoms with Crippen molar-refractivity contribution in [2.45, 2.75) is 39.7 Å². The largest absolute Gasteiger partial charge is 0.481 e. The van der Waals surface area contributed by atoms with Crippen LogP contribution in [0.15, 0.2) is 29.3 Å². The summed E-state index contributed by atoms with van der Waals surface area (Å²) in [5.74, 6) is 0.370. The van der Waals surface area contributed by atoms with Crippen LogP contribution in [0.3, 0.4) is 0 Å². The number of carboxylic acid groups (broad SMARTS) is 1. The summed E-state index contributed by atoms with van der Waals surface area (Å²) in [4.78, 5) is 17.7. The molecule has 1 aromatic carbocycles. The quantitative estimate of drug-likeness (QED) is 0.658. The van der Waals surface area contributed by atoms with Crippen molar-refractivity contribution >= 4 is 28.7 Å². The van der Waals surface area contributed by atoms with Crippen LogP contribution < -0.4 is 5.73 Å². The Labute approximate surface area is 166 Å². The van der Waals surface area contributed by atoms with Crippen molar-refractivity contribution in [3.05, 3.63) is 57.5 Å². The van der Waals surface area contributed by atoms with Crippen molar-refractivity contribution in [2.24, 2.45) is 4.99 Å². The lowest BCUT2D eigenvalue weighted by molar-refractivity contribution is -0.137. The van der Waals surface area contributed by atoms with Gasteiger partial charge in [-0.25, -0.2) is 0 Å². The molecule has 3 aromatic rings. The first kappa shape index (κ1) is 18.4. The molecule has 1 atom stereocenters. The molecule has 0 aliphatic carbocycles. The molecule has 0 bridgehead atoms. The number of carbonyl (C=O) groups is 1. The monoisotopic (exact) mass is 395 g/mol. The lowest BCUT2D eigenvalue weighted by atomic mass is 9.97. The second-order valence-corrected chi connectivity index (χ2v) is 8.03. The Morgan fingerprint density at radius 1 is 1.25 bits per heavy atom. The van der Waals surface area contributed by atoms with E-state index in [4.69, 9.17) is 10.7 Å². The van der Waals surface area contributed by atoms with Gasteiger partial charge in [-0.15, -0.1) is 21.5 Å². The zero-order valence-corrected chi connectivity index (χ0v) is 16.7. The Bertz CT molecular complexity index is 1090. The van der Waals surface area contributed by atoms with E-state index in [1.165, 1.54) is 10.4 Å². The molecule has 0 saturated carbocycles. The van der Waals surface area contributed by atoms with Gasteiger partial charge in [-0.1, -0.05) is 19.1 Å². The maximum absolute atomic E-state index is 11.5. The van der Waals surface area contributed by atoms with E-state index in [0.717, 1.165) is 34.1 Å². The number of hydrogen-bond donors (Lipinski definition) is 2. The number of aromatic nitrogens is 3. The second kappa shape index (κ2) is 6.87. The number of thiophene rings is 1. The van der Waals surface area contributed by atoms with E-state index in [1.807, 2.05) is 35.8 Å². The summed E-state index contributed by atoms with van der Waals surface area (Å²) in [6, 6.07) is 6.93. The minimum atomic E-state index is -0.922. The summed E-state index contributed by atoms with van der Waals surface area (Å²) >= 11 is 1.67. The van der Waals surface area contributed by atoms with Crippen molar-refractivity contribution in [1.82, 2.24) is 14.8 Å². The Morgan fingerprint density at radius 2 is 1.96 bits per heavy atom. The van der Waals surface area contributed by atoms with E-state index < -0.39 is 12.0 Å². The average molecular weight is 395 g/mol. The standard InChI is InChI=1S/C20H21N5O2S/c1-4-14-10(2)28-20-17(14)18(12-5-7-13(21)8-6-12)22-15(9-16(26)27)19-24-23-11(3)25(19)20/h5-8,15H,4,9,21H2,1-3H3,(H,26,27)/t15-/m0/s1. The molecule has 2 aromatic heterocycles. The van der Waals surface area contributed by atoms with E-state index in [2.05, 4.69) is 24.0 Å². The zero-order chi connectivity index (χ0) is 20.0. The minimum absolute atomic E-state index is 0.147. The number of fused-ring (bicyclic) bond motifs is 3. The number of aryl methyl sites for hydroxylation is 2. The predicted octanol–water partition coefficient (Wildman–Crippen LogP) is 3.46. The number of aliphatic imine (C=N–C) groups is 1. The van der Waals surface area contributed by atoms with Gasteiger partial charge in [0.1, 0.15) is 16.9 Å². The summed E-state index contributed by atoms with van der Waals surface area (Å²) in [5, 5.41) is 18.9. The molecule has 8 heteroatoms. The fourth-order valence-electron chi connectivity index (χ4n) is 3.68. The van der Waals surface area contributed by atoms with E-state index in [9.17, 15) is 9.90 Å².